The van der Waals surface area contributed by atoms with Crippen LogP contribution < -0.4 is 10.6 Å². The van der Waals surface area contributed by atoms with Crippen molar-refractivity contribution < 1.29 is 19.5 Å². The lowest BCUT2D eigenvalue weighted by atomic mass is 10.1. The number of amides is 2. The van der Waals surface area contributed by atoms with Crippen molar-refractivity contribution in [1.29, 1.82) is 0 Å². The number of para-hydroxylation sites is 1. The molecular weight excluding hydrogens is 292 g/mol. The molecule has 1 aromatic rings. The Kier molecular flexibility index (Phi) is 6.23. The van der Waals surface area contributed by atoms with E-state index in [-0.39, 0.29) is 17.4 Å². The summed E-state index contributed by atoms with van der Waals surface area (Å²) in [5.41, 5.74) is -0.621. The van der Waals surface area contributed by atoms with Crippen LogP contribution in [0.15, 0.2) is 30.3 Å². The summed E-state index contributed by atoms with van der Waals surface area (Å²) in [4.78, 5) is 34.1. The summed E-state index contributed by atoms with van der Waals surface area (Å²) < 4.78 is 0. The highest BCUT2D eigenvalue weighted by molar-refractivity contribution is 8.00. The number of hydrogen-bond acceptors (Lipinski definition) is 4. The molecule has 3 N–H and O–H groups in total. The van der Waals surface area contributed by atoms with Gasteiger partial charge in [0.05, 0.1) is 11.5 Å². The molecule has 0 aliphatic carbocycles. The maximum absolute atomic E-state index is 11.6. The standard InChI is InChI=1S/C14H18N2O4S/c1-14(2,13(19)20)16-12(18)9-21-8-11(17)15-10-6-4-3-5-7-10/h3-7H,8-9H2,1-2H3,(H,15,17)(H,16,18)(H,19,20). The van der Waals surface area contributed by atoms with Crippen LogP contribution in [0.25, 0.3) is 0 Å². The van der Waals surface area contributed by atoms with Gasteiger partial charge in [-0.05, 0) is 26.0 Å². The number of rotatable bonds is 7. The van der Waals surface area contributed by atoms with Crippen molar-refractivity contribution >= 4 is 35.2 Å². The maximum atomic E-state index is 11.6. The quantitative estimate of drug-likeness (QED) is 0.706. The predicted molar refractivity (Wildman–Crippen MR) is 82.3 cm³/mol. The number of hydrogen-bond donors (Lipinski definition) is 3. The van der Waals surface area contributed by atoms with Crippen molar-refractivity contribution in [2.24, 2.45) is 0 Å². The van der Waals surface area contributed by atoms with E-state index in [9.17, 15) is 14.4 Å². The second-order valence-corrected chi connectivity index (χ2v) is 5.87. The number of carboxylic acid groups (broad SMARTS) is 1. The molecule has 0 saturated carbocycles. The molecule has 0 fully saturated rings. The van der Waals surface area contributed by atoms with Gasteiger partial charge in [-0.25, -0.2) is 4.79 Å². The Morgan fingerprint density at radius 2 is 1.67 bits per heavy atom. The van der Waals surface area contributed by atoms with Gasteiger partial charge in [0.25, 0.3) is 0 Å². The molecule has 0 spiro atoms. The fraction of sp³-hybridized carbons (Fsp3) is 0.357. The average molecular weight is 310 g/mol. The highest BCUT2D eigenvalue weighted by atomic mass is 32.2. The summed E-state index contributed by atoms with van der Waals surface area (Å²) in [5, 5.41) is 14.0. The predicted octanol–water partition coefficient (Wildman–Crippen LogP) is 1.34. The lowest BCUT2D eigenvalue weighted by Gasteiger charge is -2.20. The molecule has 0 unspecified atom stereocenters. The molecule has 6 nitrogen and oxygen atoms in total. The van der Waals surface area contributed by atoms with Crippen LogP contribution in [0.1, 0.15) is 13.8 Å². The minimum absolute atomic E-state index is 0.0267. The first-order chi connectivity index (χ1) is 9.81. The summed E-state index contributed by atoms with van der Waals surface area (Å²) in [7, 11) is 0. The lowest BCUT2D eigenvalue weighted by Crippen LogP contribution is -2.50. The minimum atomic E-state index is -1.32. The van der Waals surface area contributed by atoms with Crippen LogP contribution in [0.4, 0.5) is 5.69 Å². The molecule has 2 amide bonds. The Morgan fingerprint density at radius 1 is 1.10 bits per heavy atom. The van der Waals surface area contributed by atoms with Crippen LogP contribution in [-0.4, -0.2) is 39.9 Å². The van der Waals surface area contributed by atoms with Gasteiger partial charge in [0.15, 0.2) is 0 Å². The van der Waals surface area contributed by atoms with Crippen molar-refractivity contribution in [1.82, 2.24) is 5.32 Å². The van der Waals surface area contributed by atoms with Crippen molar-refractivity contribution in [3.8, 4) is 0 Å². The minimum Gasteiger partial charge on any atom is -0.480 e. The largest absolute Gasteiger partial charge is 0.480 e. The fourth-order valence-electron chi connectivity index (χ4n) is 1.39. The average Bonchev–Trinajstić information content (AvgIpc) is 2.39. The number of anilines is 1. The lowest BCUT2D eigenvalue weighted by molar-refractivity contribution is -0.145. The molecule has 0 saturated heterocycles. The van der Waals surface area contributed by atoms with Crippen LogP contribution in [0.3, 0.4) is 0 Å². The molecular formula is C14H18N2O4S. The number of aliphatic carboxylic acids is 1. The second-order valence-electron chi connectivity index (χ2n) is 4.89. The van der Waals surface area contributed by atoms with Gasteiger partial charge < -0.3 is 15.7 Å². The number of benzene rings is 1. The molecule has 0 aliphatic heterocycles. The Morgan fingerprint density at radius 3 is 2.24 bits per heavy atom. The Hall–Kier alpha value is -2.02. The van der Waals surface area contributed by atoms with Crippen LogP contribution >= 0.6 is 11.8 Å². The molecule has 7 heteroatoms. The van der Waals surface area contributed by atoms with Crippen molar-refractivity contribution in [2.45, 2.75) is 19.4 Å². The van der Waals surface area contributed by atoms with Gasteiger partial charge in [-0.15, -0.1) is 11.8 Å². The molecule has 1 aromatic carbocycles. The summed E-state index contributed by atoms with van der Waals surface area (Å²) in [6, 6.07) is 9.00. The zero-order valence-electron chi connectivity index (χ0n) is 11.9. The third-order valence-electron chi connectivity index (χ3n) is 2.51. The second kappa shape index (κ2) is 7.68. The summed E-state index contributed by atoms with van der Waals surface area (Å²) in [6.45, 7) is 2.81. The van der Waals surface area contributed by atoms with E-state index in [1.165, 1.54) is 13.8 Å². The van der Waals surface area contributed by atoms with Gasteiger partial charge in [-0.1, -0.05) is 18.2 Å². The van der Waals surface area contributed by atoms with Crippen LogP contribution in [0.5, 0.6) is 0 Å². The Bertz CT molecular complexity index is 517. The third kappa shape index (κ3) is 6.31. The van der Waals surface area contributed by atoms with E-state index in [4.69, 9.17) is 5.11 Å². The summed E-state index contributed by atoms with van der Waals surface area (Å²) in [6.07, 6.45) is 0. The number of carboxylic acids is 1. The highest BCUT2D eigenvalue weighted by Crippen LogP contribution is 2.08. The van der Waals surface area contributed by atoms with Gasteiger partial charge in [-0.2, -0.15) is 0 Å². The molecule has 1 rings (SSSR count). The highest BCUT2D eigenvalue weighted by Gasteiger charge is 2.28. The molecule has 0 aliphatic rings. The monoisotopic (exact) mass is 310 g/mol. The smallest absolute Gasteiger partial charge is 0.328 e. The summed E-state index contributed by atoms with van der Waals surface area (Å²) in [5.74, 6) is -1.59. The van der Waals surface area contributed by atoms with Crippen molar-refractivity contribution in [3.63, 3.8) is 0 Å². The topological polar surface area (TPSA) is 95.5 Å². The molecule has 21 heavy (non-hydrogen) atoms. The van der Waals surface area contributed by atoms with Crippen LogP contribution in [-0.2, 0) is 14.4 Å². The van der Waals surface area contributed by atoms with Gasteiger partial charge in [0.1, 0.15) is 5.54 Å². The van der Waals surface area contributed by atoms with E-state index >= 15 is 0 Å². The van der Waals surface area contributed by atoms with Crippen LogP contribution in [0, 0.1) is 0 Å². The first-order valence-electron chi connectivity index (χ1n) is 6.28. The number of thioether (sulfide) groups is 1. The van der Waals surface area contributed by atoms with E-state index < -0.39 is 17.4 Å². The van der Waals surface area contributed by atoms with Gasteiger partial charge in [0, 0.05) is 5.69 Å². The third-order valence-corrected chi connectivity index (χ3v) is 3.44. The van der Waals surface area contributed by atoms with Crippen molar-refractivity contribution in [3.05, 3.63) is 30.3 Å². The van der Waals surface area contributed by atoms with Gasteiger partial charge in [-0.3, -0.25) is 9.59 Å². The Labute approximate surface area is 127 Å². The SMILES string of the molecule is CC(C)(NC(=O)CSCC(=O)Nc1ccccc1)C(=O)O. The van der Waals surface area contributed by atoms with Gasteiger partial charge in [0.2, 0.25) is 11.8 Å². The first-order valence-corrected chi connectivity index (χ1v) is 7.44. The number of nitrogens with one attached hydrogen (secondary N) is 2. The van der Waals surface area contributed by atoms with Crippen molar-refractivity contribution in [2.75, 3.05) is 16.8 Å². The normalized spacial score (nSPS) is 10.8. The fourth-order valence-corrected chi connectivity index (χ4v) is 2.01. The van der Waals surface area contributed by atoms with E-state index in [1.807, 2.05) is 18.2 Å². The molecule has 0 heterocycles. The molecule has 0 radical (unpaired) electrons. The first kappa shape index (κ1) is 17.0. The Balaban J connectivity index is 2.29. The van der Waals surface area contributed by atoms with E-state index in [0.29, 0.717) is 5.69 Å². The van der Waals surface area contributed by atoms with Gasteiger partial charge >= 0.3 is 5.97 Å². The molecule has 0 aromatic heterocycles. The summed E-state index contributed by atoms with van der Waals surface area (Å²) >= 11 is 1.12. The molecule has 0 bridgehead atoms. The zero-order chi connectivity index (χ0) is 15.9. The van der Waals surface area contributed by atoms with E-state index in [1.54, 1.807) is 12.1 Å². The number of carbonyl (C=O) groups excluding carboxylic acids is 2. The zero-order valence-corrected chi connectivity index (χ0v) is 12.7. The van der Waals surface area contributed by atoms with E-state index in [2.05, 4.69) is 10.6 Å². The molecule has 0 atom stereocenters. The van der Waals surface area contributed by atoms with E-state index in [0.717, 1.165) is 11.8 Å². The number of carbonyl (C=O) groups is 3. The molecule has 114 valence electrons. The van der Waals surface area contributed by atoms with Crippen LogP contribution in [0.2, 0.25) is 0 Å². The maximum Gasteiger partial charge on any atom is 0.328 e.